The van der Waals surface area contributed by atoms with Gasteiger partial charge in [-0.1, -0.05) is 17.3 Å². The first-order chi connectivity index (χ1) is 14.6. The summed E-state index contributed by atoms with van der Waals surface area (Å²) in [6.07, 6.45) is 3.45. The van der Waals surface area contributed by atoms with E-state index in [0.717, 1.165) is 28.3 Å². The Balaban J connectivity index is 1.72. The average molecular weight is 406 g/mol. The lowest BCUT2D eigenvalue weighted by molar-refractivity contribution is 0.241. The van der Waals surface area contributed by atoms with Crippen LogP contribution in [0.2, 0.25) is 0 Å². The molecule has 0 fully saturated rings. The molecule has 2 heterocycles. The number of methoxy groups -OCH3 is 1. The van der Waals surface area contributed by atoms with Crippen molar-refractivity contribution in [2.45, 2.75) is 19.5 Å². The zero-order valence-corrected chi connectivity index (χ0v) is 17.1. The summed E-state index contributed by atoms with van der Waals surface area (Å²) in [6.45, 7) is 2.66. The van der Waals surface area contributed by atoms with Crippen LogP contribution in [0.3, 0.4) is 0 Å². The molecule has 4 aromatic rings. The molecule has 2 aromatic heterocycles. The van der Waals surface area contributed by atoms with Gasteiger partial charge in [0.05, 0.1) is 18.8 Å². The maximum Gasteiger partial charge on any atom is 0.148 e. The second-order valence-corrected chi connectivity index (χ2v) is 7.14. The smallest absolute Gasteiger partial charge is 0.148 e. The van der Waals surface area contributed by atoms with Crippen molar-refractivity contribution in [2.24, 2.45) is 0 Å². The minimum absolute atomic E-state index is 0.0456. The van der Waals surface area contributed by atoms with Gasteiger partial charge in [0.2, 0.25) is 0 Å². The molecule has 7 heteroatoms. The van der Waals surface area contributed by atoms with Gasteiger partial charge in [-0.05, 0) is 50.4 Å². The van der Waals surface area contributed by atoms with Gasteiger partial charge < -0.3 is 9.26 Å². The van der Waals surface area contributed by atoms with Gasteiger partial charge in [-0.2, -0.15) is 5.10 Å². The van der Waals surface area contributed by atoms with Crippen molar-refractivity contribution in [1.82, 2.24) is 19.8 Å². The van der Waals surface area contributed by atoms with Gasteiger partial charge in [0.1, 0.15) is 29.2 Å². The Bertz CT molecular complexity index is 1110. The fraction of sp³-hybridized carbons (Fsp3) is 0.217. The molecular formula is C23H23FN4O2. The molecular weight excluding hydrogens is 383 g/mol. The lowest BCUT2D eigenvalue weighted by Crippen LogP contribution is -2.22. The zero-order valence-electron chi connectivity index (χ0n) is 17.1. The number of ether oxygens (including phenoxy) is 1. The average Bonchev–Trinajstić information content (AvgIpc) is 3.44. The van der Waals surface area contributed by atoms with Gasteiger partial charge in [0.15, 0.2) is 0 Å². The molecule has 0 unspecified atom stereocenters. The topological polar surface area (TPSA) is 56.3 Å². The third-order valence-electron chi connectivity index (χ3n) is 5.22. The van der Waals surface area contributed by atoms with Crippen LogP contribution in [0, 0.1) is 5.82 Å². The predicted octanol–water partition coefficient (Wildman–Crippen LogP) is 4.87. The Hall–Kier alpha value is -3.45. The van der Waals surface area contributed by atoms with E-state index in [1.54, 1.807) is 36.3 Å². The highest BCUT2D eigenvalue weighted by atomic mass is 19.1. The number of nitrogens with zero attached hydrogens (tertiary/aromatic N) is 4. The Morgan fingerprint density at radius 3 is 2.57 bits per heavy atom. The Kier molecular flexibility index (Phi) is 5.63. The number of halogens is 1. The van der Waals surface area contributed by atoms with Crippen LogP contribution in [-0.2, 0) is 6.54 Å². The summed E-state index contributed by atoms with van der Waals surface area (Å²) in [5.41, 5.74) is 3.96. The maximum absolute atomic E-state index is 14.4. The van der Waals surface area contributed by atoms with Crippen LogP contribution in [-0.4, -0.2) is 34.0 Å². The van der Waals surface area contributed by atoms with E-state index in [0.29, 0.717) is 12.2 Å². The molecule has 0 saturated heterocycles. The summed E-state index contributed by atoms with van der Waals surface area (Å²) in [5.74, 6) is 0.447. The van der Waals surface area contributed by atoms with E-state index in [9.17, 15) is 4.39 Å². The van der Waals surface area contributed by atoms with Crippen molar-refractivity contribution in [3.63, 3.8) is 0 Å². The van der Waals surface area contributed by atoms with Crippen LogP contribution in [0.1, 0.15) is 24.2 Å². The fourth-order valence-electron chi connectivity index (χ4n) is 3.35. The summed E-state index contributed by atoms with van der Waals surface area (Å²) in [7, 11) is 3.64. The van der Waals surface area contributed by atoms with Crippen molar-refractivity contribution in [3.8, 4) is 22.7 Å². The highest BCUT2D eigenvalue weighted by molar-refractivity contribution is 5.64. The standard InChI is InChI=1S/C23H23FN4O2/c1-16(21-12-13-30-26-21)27(2)14-18-15-28(22-7-5-4-6-20(22)24)25-23(18)17-8-10-19(29-3)11-9-17/h4-13,15-16H,14H2,1-3H3/t16-/m1/s1. The Morgan fingerprint density at radius 2 is 1.90 bits per heavy atom. The second-order valence-electron chi connectivity index (χ2n) is 7.14. The molecule has 0 radical (unpaired) electrons. The van der Waals surface area contributed by atoms with Gasteiger partial charge in [-0.15, -0.1) is 0 Å². The van der Waals surface area contributed by atoms with Gasteiger partial charge >= 0.3 is 0 Å². The second kappa shape index (κ2) is 8.51. The number of aromatic nitrogens is 3. The monoisotopic (exact) mass is 406 g/mol. The Labute approximate surface area is 174 Å². The quantitative estimate of drug-likeness (QED) is 0.438. The molecule has 0 aliphatic carbocycles. The number of hydrogen-bond acceptors (Lipinski definition) is 5. The first kappa shape index (κ1) is 19.8. The van der Waals surface area contributed by atoms with Gasteiger partial charge in [0, 0.05) is 29.9 Å². The number of benzene rings is 2. The Morgan fingerprint density at radius 1 is 1.13 bits per heavy atom. The molecule has 0 aliphatic rings. The molecule has 0 amide bonds. The summed E-state index contributed by atoms with van der Waals surface area (Å²) in [6, 6.07) is 16.2. The van der Waals surface area contributed by atoms with Crippen LogP contribution in [0.15, 0.2) is 71.6 Å². The lowest BCUT2D eigenvalue weighted by atomic mass is 10.1. The highest BCUT2D eigenvalue weighted by Gasteiger charge is 2.20. The summed E-state index contributed by atoms with van der Waals surface area (Å²) < 4.78 is 26.2. The summed E-state index contributed by atoms with van der Waals surface area (Å²) >= 11 is 0. The first-order valence-corrected chi connectivity index (χ1v) is 9.65. The van der Waals surface area contributed by atoms with Crippen LogP contribution in [0.25, 0.3) is 16.9 Å². The zero-order chi connectivity index (χ0) is 21.1. The number of rotatable bonds is 7. The molecule has 154 valence electrons. The van der Waals surface area contributed by atoms with E-state index in [1.165, 1.54) is 6.07 Å². The van der Waals surface area contributed by atoms with Crippen molar-refractivity contribution in [1.29, 1.82) is 0 Å². The minimum Gasteiger partial charge on any atom is -0.497 e. The SMILES string of the molecule is COc1ccc(-c2nn(-c3ccccc3F)cc2CN(C)[C@H](C)c2ccon2)cc1. The minimum atomic E-state index is -0.322. The number of hydrogen-bond donors (Lipinski definition) is 0. The van der Waals surface area contributed by atoms with E-state index in [4.69, 9.17) is 14.4 Å². The van der Waals surface area contributed by atoms with E-state index < -0.39 is 0 Å². The lowest BCUT2D eigenvalue weighted by Gasteiger charge is -2.22. The third-order valence-corrected chi connectivity index (χ3v) is 5.22. The highest BCUT2D eigenvalue weighted by Crippen LogP contribution is 2.29. The van der Waals surface area contributed by atoms with Crippen molar-refractivity contribution in [2.75, 3.05) is 14.2 Å². The van der Waals surface area contributed by atoms with Gasteiger partial charge in [-0.3, -0.25) is 4.90 Å². The maximum atomic E-state index is 14.4. The molecule has 0 bridgehead atoms. The first-order valence-electron chi connectivity index (χ1n) is 9.65. The van der Waals surface area contributed by atoms with Gasteiger partial charge in [0.25, 0.3) is 0 Å². The predicted molar refractivity (Wildman–Crippen MR) is 112 cm³/mol. The molecule has 0 saturated carbocycles. The summed E-state index contributed by atoms with van der Waals surface area (Å²) in [5, 5.41) is 8.76. The molecule has 1 atom stereocenters. The van der Waals surface area contributed by atoms with E-state index in [1.807, 2.05) is 43.6 Å². The molecule has 30 heavy (non-hydrogen) atoms. The van der Waals surface area contributed by atoms with Crippen molar-refractivity contribution in [3.05, 3.63) is 84.1 Å². The fourth-order valence-corrected chi connectivity index (χ4v) is 3.35. The molecule has 0 spiro atoms. The van der Waals surface area contributed by atoms with Crippen molar-refractivity contribution >= 4 is 0 Å². The van der Waals surface area contributed by atoms with Crippen LogP contribution >= 0.6 is 0 Å². The van der Waals surface area contributed by atoms with E-state index in [2.05, 4.69) is 17.0 Å². The van der Waals surface area contributed by atoms with Crippen LogP contribution in [0.5, 0.6) is 5.75 Å². The molecule has 2 aromatic carbocycles. The summed E-state index contributed by atoms with van der Waals surface area (Å²) in [4.78, 5) is 2.15. The molecule has 6 nitrogen and oxygen atoms in total. The third kappa shape index (κ3) is 3.97. The normalized spacial score (nSPS) is 12.3. The van der Waals surface area contributed by atoms with Crippen LogP contribution < -0.4 is 4.74 Å². The van der Waals surface area contributed by atoms with Crippen molar-refractivity contribution < 1.29 is 13.7 Å². The van der Waals surface area contributed by atoms with E-state index >= 15 is 0 Å². The van der Waals surface area contributed by atoms with E-state index in [-0.39, 0.29) is 11.9 Å². The molecule has 0 aliphatic heterocycles. The largest absolute Gasteiger partial charge is 0.497 e. The van der Waals surface area contributed by atoms with Gasteiger partial charge in [-0.25, -0.2) is 9.07 Å². The molecule has 0 N–H and O–H groups in total. The molecule has 4 rings (SSSR count). The number of para-hydroxylation sites is 1. The van der Waals surface area contributed by atoms with Crippen LogP contribution in [0.4, 0.5) is 4.39 Å².